The summed E-state index contributed by atoms with van der Waals surface area (Å²) in [5, 5.41) is 0. The first-order valence-electron chi connectivity index (χ1n) is 10.6. The Balaban J connectivity index is 1.83. The van der Waals surface area contributed by atoms with E-state index in [1.807, 2.05) is 50.2 Å². The van der Waals surface area contributed by atoms with Gasteiger partial charge in [-0.25, -0.2) is 4.90 Å². The maximum atomic E-state index is 13.6. The van der Waals surface area contributed by atoms with Crippen LogP contribution in [0.15, 0.2) is 48.2 Å². The summed E-state index contributed by atoms with van der Waals surface area (Å²) in [7, 11) is 0. The fourth-order valence-corrected chi connectivity index (χ4v) is 4.38. The lowest BCUT2D eigenvalue weighted by Gasteiger charge is -2.29. The van der Waals surface area contributed by atoms with Crippen LogP contribution in [0.1, 0.15) is 48.4 Å². The minimum absolute atomic E-state index is 0.198. The maximum Gasteiger partial charge on any atom is 0.282 e. The van der Waals surface area contributed by atoms with Crippen LogP contribution in [-0.4, -0.2) is 29.8 Å². The van der Waals surface area contributed by atoms with Crippen molar-refractivity contribution in [3.63, 3.8) is 0 Å². The van der Waals surface area contributed by atoms with Crippen LogP contribution < -0.4 is 4.90 Å². The lowest BCUT2D eigenvalue weighted by molar-refractivity contribution is -0.120. The lowest BCUT2D eigenvalue weighted by atomic mass is 9.96. The molecule has 4 heteroatoms. The van der Waals surface area contributed by atoms with Gasteiger partial charge >= 0.3 is 0 Å². The Morgan fingerprint density at radius 3 is 2.17 bits per heavy atom. The molecule has 2 aliphatic heterocycles. The first-order chi connectivity index (χ1) is 14.0. The Morgan fingerprint density at radius 2 is 1.55 bits per heavy atom. The Bertz CT molecular complexity index is 982. The normalized spacial score (nSPS) is 17.5. The van der Waals surface area contributed by atoms with Crippen molar-refractivity contribution in [2.45, 2.75) is 46.5 Å². The minimum Gasteiger partial charge on any atom is -0.366 e. The zero-order chi connectivity index (χ0) is 20.5. The molecule has 0 spiro atoms. The van der Waals surface area contributed by atoms with E-state index < -0.39 is 0 Å². The van der Waals surface area contributed by atoms with Gasteiger partial charge in [-0.2, -0.15) is 0 Å². The van der Waals surface area contributed by atoms with Crippen molar-refractivity contribution in [2.75, 3.05) is 18.0 Å². The van der Waals surface area contributed by atoms with E-state index in [-0.39, 0.29) is 11.8 Å². The molecule has 0 aliphatic carbocycles. The summed E-state index contributed by atoms with van der Waals surface area (Å²) >= 11 is 0. The summed E-state index contributed by atoms with van der Waals surface area (Å²) < 4.78 is 0. The van der Waals surface area contributed by atoms with E-state index in [9.17, 15) is 9.59 Å². The van der Waals surface area contributed by atoms with Gasteiger partial charge in [-0.15, -0.1) is 0 Å². The number of amides is 2. The summed E-state index contributed by atoms with van der Waals surface area (Å²) in [5.74, 6) is -0.414. The number of anilines is 1. The summed E-state index contributed by atoms with van der Waals surface area (Å²) in [4.78, 5) is 30.6. The highest BCUT2D eigenvalue weighted by Gasteiger charge is 2.43. The molecule has 0 unspecified atom stereocenters. The summed E-state index contributed by atoms with van der Waals surface area (Å²) in [6.45, 7) is 7.80. The Kier molecular flexibility index (Phi) is 5.27. The van der Waals surface area contributed by atoms with E-state index in [2.05, 4.69) is 17.9 Å². The number of piperidine rings is 1. The SMILES string of the molecule is CCc1ccc(N2C(=O)C(c3ccc(C)cc3C)=C(N3CCCCC3)C2=O)cc1. The van der Waals surface area contributed by atoms with Crippen LogP contribution in [0.5, 0.6) is 0 Å². The van der Waals surface area contributed by atoms with Crippen molar-refractivity contribution in [2.24, 2.45) is 0 Å². The third-order valence-corrected chi connectivity index (χ3v) is 5.99. The second-order valence-electron chi connectivity index (χ2n) is 8.06. The van der Waals surface area contributed by atoms with Crippen LogP contribution in [0.2, 0.25) is 0 Å². The molecule has 1 fully saturated rings. The predicted octanol–water partition coefficient (Wildman–Crippen LogP) is 4.64. The van der Waals surface area contributed by atoms with Gasteiger partial charge < -0.3 is 4.90 Å². The summed E-state index contributed by atoms with van der Waals surface area (Å²) in [6, 6.07) is 13.8. The molecule has 2 aliphatic rings. The number of likely N-dealkylation sites (tertiary alicyclic amines) is 1. The number of carbonyl (C=O) groups excluding carboxylic acids is 2. The van der Waals surface area contributed by atoms with Crippen molar-refractivity contribution >= 4 is 23.1 Å². The molecule has 2 heterocycles. The Hall–Kier alpha value is -2.88. The summed E-state index contributed by atoms with van der Waals surface area (Å²) in [5.41, 5.74) is 5.99. The van der Waals surface area contributed by atoms with Crippen LogP contribution >= 0.6 is 0 Å². The molecular formula is C25H28N2O2. The second kappa shape index (κ2) is 7.86. The van der Waals surface area contributed by atoms with Crippen molar-refractivity contribution in [3.8, 4) is 0 Å². The smallest absolute Gasteiger partial charge is 0.282 e. The number of hydrogen-bond acceptors (Lipinski definition) is 3. The van der Waals surface area contributed by atoms with Crippen LogP contribution in [0, 0.1) is 13.8 Å². The first kappa shape index (κ1) is 19.4. The van der Waals surface area contributed by atoms with Gasteiger partial charge in [0.2, 0.25) is 0 Å². The molecule has 4 rings (SSSR count). The molecular weight excluding hydrogens is 360 g/mol. The van der Waals surface area contributed by atoms with Gasteiger partial charge in [-0.05, 0) is 68.4 Å². The van der Waals surface area contributed by atoms with E-state index in [0.29, 0.717) is 17.0 Å². The lowest BCUT2D eigenvalue weighted by Crippen LogP contribution is -2.37. The average molecular weight is 389 g/mol. The molecule has 0 N–H and O–H groups in total. The molecule has 29 heavy (non-hydrogen) atoms. The highest BCUT2D eigenvalue weighted by atomic mass is 16.2. The molecule has 0 atom stereocenters. The molecule has 2 aromatic carbocycles. The van der Waals surface area contributed by atoms with Crippen molar-refractivity contribution < 1.29 is 9.59 Å². The number of aryl methyl sites for hydroxylation is 3. The van der Waals surface area contributed by atoms with Gasteiger partial charge in [0.25, 0.3) is 11.8 Å². The molecule has 0 saturated carbocycles. The largest absolute Gasteiger partial charge is 0.366 e. The van der Waals surface area contributed by atoms with Crippen molar-refractivity contribution in [1.29, 1.82) is 0 Å². The van der Waals surface area contributed by atoms with Gasteiger partial charge in [0, 0.05) is 13.1 Å². The zero-order valence-corrected chi connectivity index (χ0v) is 17.5. The number of hydrogen-bond donors (Lipinski definition) is 0. The maximum absolute atomic E-state index is 13.6. The van der Waals surface area contributed by atoms with Crippen molar-refractivity contribution in [3.05, 3.63) is 70.4 Å². The van der Waals surface area contributed by atoms with E-state index in [1.54, 1.807) is 0 Å². The molecule has 2 aromatic rings. The fraction of sp³-hybridized carbons (Fsp3) is 0.360. The molecule has 0 radical (unpaired) electrons. The minimum atomic E-state index is -0.216. The molecule has 1 saturated heterocycles. The zero-order valence-electron chi connectivity index (χ0n) is 17.5. The third kappa shape index (κ3) is 3.48. The van der Waals surface area contributed by atoms with Crippen LogP contribution in [-0.2, 0) is 16.0 Å². The molecule has 0 bridgehead atoms. The van der Waals surface area contributed by atoms with E-state index >= 15 is 0 Å². The number of benzene rings is 2. The Labute approximate surface area is 172 Å². The molecule has 2 amide bonds. The van der Waals surface area contributed by atoms with Gasteiger partial charge in [0.05, 0.1) is 11.3 Å². The molecule has 0 aromatic heterocycles. The van der Waals surface area contributed by atoms with Gasteiger partial charge in [-0.3, -0.25) is 9.59 Å². The quantitative estimate of drug-likeness (QED) is 0.717. The van der Waals surface area contributed by atoms with Gasteiger partial charge in [0.1, 0.15) is 5.70 Å². The van der Waals surface area contributed by atoms with Crippen LogP contribution in [0.25, 0.3) is 5.57 Å². The number of carbonyl (C=O) groups is 2. The molecule has 150 valence electrons. The first-order valence-corrected chi connectivity index (χ1v) is 10.6. The van der Waals surface area contributed by atoms with Crippen LogP contribution in [0.4, 0.5) is 5.69 Å². The molecule has 4 nitrogen and oxygen atoms in total. The van der Waals surface area contributed by atoms with E-state index in [0.717, 1.165) is 49.0 Å². The number of imide groups is 1. The topological polar surface area (TPSA) is 40.6 Å². The second-order valence-corrected chi connectivity index (χ2v) is 8.06. The third-order valence-electron chi connectivity index (χ3n) is 5.99. The van der Waals surface area contributed by atoms with E-state index in [4.69, 9.17) is 0 Å². The fourth-order valence-electron chi connectivity index (χ4n) is 4.38. The average Bonchev–Trinajstić information content (AvgIpc) is 2.99. The standard InChI is InChI=1S/C25H28N2O2/c1-4-19-9-11-20(12-10-19)27-24(28)22(21-13-8-17(2)16-18(21)3)23(25(27)29)26-14-6-5-7-15-26/h8-13,16H,4-7,14-15H2,1-3H3. The Morgan fingerprint density at radius 1 is 0.862 bits per heavy atom. The summed E-state index contributed by atoms with van der Waals surface area (Å²) in [6.07, 6.45) is 4.20. The highest BCUT2D eigenvalue weighted by molar-refractivity contribution is 6.45. The number of nitrogens with zero attached hydrogens (tertiary/aromatic N) is 2. The van der Waals surface area contributed by atoms with Crippen molar-refractivity contribution in [1.82, 2.24) is 4.90 Å². The van der Waals surface area contributed by atoms with Crippen LogP contribution in [0.3, 0.4) is 0 Å². The number of rotatable bonds is 4. The predicted molar refractivity (Wildman–Crippen MR) is 117 cm³/mol. The van der Waals surface area contributed by atoms with Gasteiger partial charge in [0.15, 0.2) is 0 Å². The highest BCUT2D eigenvalue weighted by Crippen LogP contribution is 2.37. The monoisotopic (exact) mass is 388 g/mol. The van der Waals surface area contributed by atoms with E-state index in [1.165, 1.54) is 16.9 Å². The van der Waals surface area contributed by atoms with Gasteiger partial charge in [-0.1, -0.05) is 42.8 Å².